The fourth-order valence-corrected chi connectivity index (χ4v) is 4.27. The zero-order valence-electron chi connectivity index (χ0n) is 17.2. The number of pyridine rings is 1. The third-order valence-corrected chi connectivity index (χ3v) is 5.93. The molecule has 1 fully saturated rings. The van der Waals surface area contributed by atoms with E-state index in [2.05, 4.69) is 25.0 Å². The number of piperazine rings is 1. The van der Waals surface area contributed by atoms with Gasteiger partial charge in [0, 0.05) is 43.0 Å². The van der Waals surface area contributed by atoms with Crippen LogP contribution in [0.15, 0.2) is 77.3 Å². The molecule has 0 aliphatic carbocycles. The second kappa shape index (κ2) is 9.06. The van der Waals surface area contributed by atoms with E-state index in [1.165, 1.54) is 12.1 Å². The summed E-state index contributed by atoms with van der Waals surface area (Å²) in [6.45, 7) is 3.04. The van der Waals surface area contributed by atoms with Crippen LogP contribution in [0.1, 0.15) is 17.5 Å². The standard InChI is InChI=1S/C24H21ClFN5O/c25-20-16-18(26)9-10-19(20)22(24-29-28-23(32-24)17-6-2-1-3-7-17)31-14-12-30(13-15-31)21-8-4-5-11-27-21/h1-11,16,22H,12-15H2. The second-order valence-electron chi connectivity index (χ2n) is 7.59. The minimum atomic E-state index is -0.382. The van der Waals surface area contributed by atoms with Gasteiger partial charge in [0.15, 0.2) is 0 Å². The molecule has 1 atom stereocenters. The van der Waals surface area contributed by atoms with Gasteiger partial charge < -0.3 is 9.32 Å². The van der Waals surface area contributed by atoms with Crippen molar-refractivity contribution in [1.82, 2.24) is 20.1 Å². The highest BCUT2D eigenvalue weighted by Crippen LogP contribution is 2.35. The van der Waals surface area contributed by atoms with Crippen molar-refractivity contribution in [2.45, 2.75) is 6.04 Å². The van der Waals surface area contributed by atoms with Crippen molar-refractivity contribution < 1.29 is 8.81 Å². The maximum Gasteiger partial charge on any atom is 0.247 e. The second-order valence-corrected chi connectivity index (χ2v) is 8.00. The van der Waals surface area contributed by atoms with Crippen LogP contribution < -0.4 is 4.90 Å². The molecule has 0 N–H and O–H groups in total. The summed E-state index contributed by atoms with van der Waals surface area (Å²) < 4.78 is 19.9. The molecule has 4 aromatic rings. The highest BCUT2D eigenvalue weighted by molar-refractivity contribution is 6.31. The molecule has 0 radical (unpaired) electrons. The molecule has 32 heavy (non-hydrogen) atoms. The van der Waals surface area contributed by atoms with Crippen LogP contribution in [-0.4, -0.2) is 46.3 Å². The molecule has 3 heterocycles. The van der Waals surface area contributed by atoms with E-state index < -0.39 is 0 Å². The third kappa shape index (κ3) is 4.22. The topological polar surface area (TPSA) is 58.3 Å². The van der Waals surface area contributed by atoms with E-state index in [4.69, 9.17) is 16.0 Å². The van der Waals surface area contributed by atoms with Gasteiger partial charge in [-0.25, -0.2) is 9.37 Å². The maximum absolute atomic E-state index is 13.8. The Morgan fingerprint density at radius 1 is 0.906 bits per heavy atom. The Kier molecular flexibility index (Phi) is 5.83. The molecule has 0 saturated carbocycles. The monoisotopic (exact) mass is 449 g/mol. The Bertz CT molecular complexity index is 1180. The molecule has 8 heteroatoms. The molecule has 1 aliphatic heterocycles. The van der Waals surface area contributed by atoms with E-state index in [0.29, 0.717) is 16.8 Å². The average Bonchev–Trinajstić information content (AvgIpc) is 3.32. The molecule has 6 nitrogen and oxygen atoms in total. The lowest BCUT2D eigenvalue weighted by Crippen LogP contribution is -2.48. The van der Waals surface area contributed by atoms with E-state index in [1.54, 1.807) is 12.3 Å². The number of halogens is 2. The molecule has 1 unspecified atom stereocenters. The molecule has 0 spiro atoms. The Morgan fingerprint density at radius 3 is 2.41 bits per heavy atom. The summed E-state index contributed by atoms with van der Waals surface area (Å²) in [5.41, 5.74) is 1.58. The van der Waals surface area contributed by atoms with Crippen molar-refractivity contribution in [3.05, 3.63) is 95.2 Å². The Balaban J connectivity index is 1.45. The fraction of sp³-hybridized carbons (Fsp3) is 0.208. The van der Waals surface area contributed by atoms with Crippen LogP contribution in [-0.2, 0) is 0 Å². The fourth-order valence-electron chi connectivity index (χ4n) is 4.00. The Labute approximate surface area is 190 Å². The van der Waals surface area contributed by atoms with Crippen LogP contribution in [0.25, 0.3) is 11.5 Å². The normalized spacial score (nSPS) is 15.6. The zero-order chi connectivity index (χ0) is 21.9. The van der Waals surface area contributed by atoms with Gasteiger partial charge in [-0.15, -0.1) is 10.2 Å². The number of nitrogens with zero attached hydrogens (tertiary/aromatic N) is 5. The van der Waals surface area contributed by atoms with Gasteiger partial charge in [0.05, 0.1) is 0 Å². The van der Waals surface area contributed by atoms with Gasteiger partial charge in [-0.1, -0.05) is 41.9 Å². The van der Waals surface area contributed by atoms with Crippen molar-refractivity contribution in [1.29, 1.82) is 0 Å². The number of anilines is 1. The predicted molar refractivity (Wildman–Crippen MR) is 121 cm³/mol. The number of aromatic nitrogens is 3. The molecule has 1 aliphatic rings. The first-order valence-electron chi connectivity index (χ1n) is 10.4. The van der Waals surface area contributed by atoms with Crippen molar-refractivity contribution in [3.63, 3.8) is 0 Å². The van der Waals surface area contributed by atoms with E-state index in [1.807, 2.05) is 48.5 Å². The third-order valence-electron chi connectivity index (χ3n) is 5.61. The summed E-state index contributed by atoms with van der Waals surface area (Å²) in [7, 11) is 0. The van der Waals surface area contributed by atoms with Crippen molar-refractivity contribution in [2.24, 2.45) is 0 Å². The lowest BCUT2D eigenvalue weighted by atomic mass is 10.0. The summed E-state index contributed by atoms with van der Waals surface area (Å²) >= 11 is 6.46. The van der Waals surface area contributed by atoms with Crippen LogP contribution >= 0.6 is 11.6 Å². The van der Waals surface area contributed by atoms with Gasteiger partial charge in [-0.3, -0.25) is 4.90 Å². The molecule has 2 aromatic carbocycles. The number of hydrogen-bond donors (Lipinski definition) is 0. The Hall–Kier alpha value is -3.29. The SMILES string of the molecule is Fc1ccc(C(c2nnc(-c3ccccc3)o2)N2CCN(c3ccccn3)CC2)c(Cl)c1. The lowest BCUT2D eigenvalue weighted by Gasteiger charge is -2.38. The van der Waals surface area contributed by atoms with Gasteiger partial charge in [0.2, 0.25) is 11.8 Å². The minimum absolute atomic E-state index is 0.335. The highest BCUT2D eigenvalue weighted by atomic mass is 35.5. The number of benzene rings is 2. The summed E-state index contributed by atoms with van der Waals surface area (Å²) in [5.74, 6) is 1.44. The van der Waals surface area contributed by atoms with Crippen LogP contribution in [0.4, 0.5) is 10.2 Å². The lowest BCUT2D eigenvalue weighted by molar-refractivity contribution is 0.187. The summed E-state index contributed by atoms with van der Waals surface area (Å²) in [5, 5.41) is 8.94. The van der Waals surface area contributed by atoms with E-state index in [-0.39, 0.29) is 11.9 Å². The first kappa shape index (κ1) is 20.6. The molecule has 0 amide bonds. The van der Waals surface area contributed by atoms with Crippen LogP contribution in [0.2, 0.25) is 5.02 Å². The van der Waals surface area contributed by atoms with Crippen molar-refractivity contribution >= 4 is 17.4 Å². The van der Waals surface area contributed by atoms with Crippen LogP contribution in [0, 0.1) is 5.82 Å². The first-order chi connectivity index (χ1) is 15.7. The number of rotatable bonds is 5. The van der Waals surface area contributed by atoms with E-state index in [9.17, 15) is 4.39 Å². The molecule has 5 rings (SSSR count). The Morgan fingerprint density at radius 2 is 1.69 bits per heavy atom. The average molecular weight is 450 g/mol. The molecule has 2 aromatic heterocycles. The van der Waals surface area contributed by atoms with Gasteiger partial charge in [-0.2, -0.15) is 0 Å². The molecule has 162 valence electrons. The van der Waals surface area contributed by atoms with Crippen molar-refractivity contribution in [2.75, 3.05) is 31.1 Å². The predicted octanol–water partition coefficient (Wildman–Crippen LogP) is 4.84. The van der Waals surface area contributed by atoms with Crippen LogP contribution in [0.3, 0.4) is 0 Å². The van der Waals surface area contributed by atoms with Gasteiger partial charge >= 0.3 is 0 Å². The van der Waals surface area contributed by atoms with Gasteiger partial charge in [-0.05, 0) is 42.0 Å². The maximum atomic E-state index is 13.8. The summed E-state index contributed by atoms with van der Waals surface area (Å²) in [4.78, 5) is 8.93. The smallest absolute Gasteiger partial charge is 0.247 e. The highest BCUT2D eigenvalue weighted by Gasteiger charge is 2.32. The van der Waals surface area contributed by atoms with Gasteiger partial charge in [0.25, 0.3) is 0 Å². The molecule has 1 saturated heterocycles. The largest absolute Gasteiger partial charge is 0.419 e. The first-order valence-corrected chi connectivity index (χ1v) is 10.8. The molecular formula is C24H21ClFN5O. The zero-order valence-corrected chi connectivity index (χ0v) is 18.0. The van der Waals surface area contributed by atoms with E-state index in [0.717, 1.165) is 43.1 Å². The quantitative estimate of drug-likeness (QED) is 0.434. The van der Waals surface area contributed by atoms with E-state index >= 15 is 0 Å². The van der Waals surface area contributed by atoms with Crippen LogP contribution in [0.5, 0.6) is 0 Å². The van der Waals surface area contributed by atoms with Crippen molar-refractivity contribution in [3.8, 4) is 11.5 Å². The summed E-state index contributed by atoms with van der Waals surface area (Å²) in [6.07, 6.45) is 1.80. The summed E-state index contributed by atoms with van der Waals surface area (Å²) in [6, 6.07) is 19.6. The van der Waals surface area contributed by atoms with Gasteiger partial charge in [0.1, 0.15) is 17.7 Å². The molecule has 0 bridgehead atoms. The minimum Gasteiger partial charge on any atom is -0.419 e. The number of hydrogen-bond acceptors (Lipinski definition) is 6. The molecular weight excluding hydrogens is 429 g/mol.